The van der Waals surface area contributed by atoms with Gasteiger partial charge in [0.05, 0.1) is 0 Å². The average molecular weight is 418 g/mol. The van der Waals surface area contributed by atoms with Gasteiger partial charge in [0.1, 0.15) is 0 Å². The first-order valence-corrected chi connectivity index (χ1v) is 15.1. The third-order valence-corrected chi connectivity index (χ3v) is 13.1. The van der Waals surface area contributed by atoms with Crippen LogP contribution in [0.4, 0.5) is 0 Å². The molecule has 1 radical (unpaired) electrons. The van der Waals surface area contributed by atoms with E-state index < -0.39 is 8.32 Å². The van der Waals surface area contributed by atoms with Crippen molar-refractivity contribution in [2.24, 2.45) is 28.6 Å². The molecule has 0 heterocycles. The molecule has 2 aliphatic rings. The van der Waals surface area contributed by atoms with Crippen molar-refractivity contribution < 1.29 is 4.43 Å². The largest absolute Gasteiger partial charge is 0.414 e. The number of terminal acetylenes is 1. The molecule has 2 aliphatic carbocycles. The van der Waals surface area contributed by atoms with Gasteiger partial charge >= 0.3 is 0 Å². The van der Waals surface area contributed by atoms with Crippen LogP contribution in [0, 0.1) is 47.3 Å². The Bertz CT molecular complexity index is 573. The second kappa shape index (κ2) is 9.08. The Balaban J connectivity index is 2.14. The number of hydrogen-bond donors (Lipinski definition) is 0. The van der Waals surface area contributed by atoms with Gasteiger partial charge in [0, 0.05) is 12.5 Å². The minimum atomic E-state index is -1.73. The summed E-state index contributed by atoms with van der Waals surface area (Å²) in [6.45, 7) is 21.6. The smallest absolute Gasteiger partial charge is 0.192 e. The van der Waals surface area contributed by atoms with E-state index in [2.05, 4.69) is 73.9 Å². The Morgan fingerprint density at radius 1 is 1.14 bits per heavy atom. The fourth-order valence-corrected chi connectivity index (χ4v) is 7.21. The first-order chi connectivity index (χ1) is 13.2. The molecular weight excluding hydrogens is 368 g/mol. The number of fused-ring (bicyclic) bond motifs is 1. The molecule has 2 heteroatoms. The van der Waals surface area contributed by atoms with Crippen LogP contribution in [0.2, 0.25) is 18.1 Å². The van der Waals surface area contributed by atoms with Crippen LogP contribution in [0.15, 0.2) is 0 Å². The van der Waals surface area contributed by atoms with Crippen LogP contribution in [0.1, 0.15) is 99.8 Å². The van der Waals surface area contributed by atoms with Gasteiger partial charge in [0.15, 0.2) is 8.32 Å². The maximum atomic E-state index is 7.02. The molecule has 0 aliphatic heterocycles. The molecule has 0 aromatic carbocycles. The Hall–Kier alpha value is -0.263. The number of hydrogen-bond acceptors (Lipinski definition) is 1. The van der Waals surface area contributed by atoms with Crippen molar-refractivity contribution >= 4 is 8.32 Å². The molecule has 0 amide bonds. The highest BCUT2D eigenvalue weighted by Gasteiger charge is 2.54. The number of rotatable bonds is 7. The van der Waals surface area contributed by atoms with E-state index in [0.29, 0.717) is 28.8 Å². The molecule has 29 heavy (non-hydrogen) atoms. The minimum absolute atomic E-state index is 0.283. The zero-order chi connectivity index (χ0) is 22.1. The highest BCUT2D eigenvalue weighted by molar-refractivity contribution is 6.74. The second-order valence-electron chi connectivity index (χ2n) is 13.0. The van der Waals surface area contributed by atoms with Gasteiger partial charge in [-0.15, -0.1) is 12.3 Å². The van der Waals surface area contributed by atoms with E-state index in [-0.39, 0.29) is 5.04 Å². The quantitative estimate of drug-likeness (QED) is 0.299. The first kappa shape index (κ1) is 25.0. The van der Waals surface area contributed by atoms with E-state index in [1.54, 1.807) is 0 Å². The van der Waals surface area contributed by atoms with Crippen molar-refractivity contribution in [3.63, 3.8) is 0 Å². The fraction of sp³-hybridized carbons (Fsp3) is 0.889. The third kappa shape index (κ3) is 5.91. The Morgan fingerprint density at radius 3 is 2.34 bits per heavy atom. The van der Waals surface area contributed by atoms with E-state index in [1.807, 2.05) is 0 Å². The topological polar surface area (TPSA) is 9.23 Å². The van der Waals surface area contributed by atoms with E-state index in [9.17, 15) is 0 Å². The van der Waals surface area contributed by atoms with E-state index in [1.165, 1.54) is 44.9 Å². The van der Waals surface area contributed by atoms with Gasteiger partial charge in [-0.1, -0.05) is 54.9 Å². The summed E-state index contributed by atoms with van der Waals surface area (Å²) in [5.41, 5.74) is 0.789. The summed E-state index contributed by atoms with van der Waals surface area (Å²) in [6, 6.07) is 0. The molecule has 5 atom stereocenters. The van der Waals surface area contributed by atoms with Crippen LogP contribution >= 0.6 is 0 Å². The van der Waals surface area contributed by atoms with Gasteiger partial charge < -0.3 is 4.43 Å². The molecule has 2 fully saturated rings. The SMILES string of the molecule is C#CCC([CH]CCC(C)(C)C)C1CCC2[C@@H](O[Si](C)(C)C(C)(C)C)CCC[C@]12C. The summed E-state index contributed by atoms with van der Waals surface area (Å²) in [6.07, 6.45) is 18.8. The highest BCUT2D eigenvalue weighted by Crippen LogP contribution is 2.60. The minimum Gasteiger partial charge on any atom is -0.414 e. The van der Waals surface area contributed by atoms with Crippen molar-refractivity contribution in [2.45, 2.75) is 124 Å². The second-order valence-corrected chi connectivity index (χ2v) is 17.8. The van der Waals surface area contributed by atoms with Gasteiger partial charge in [-0.2, -0.15) is 0 Å². The molecule has 2 saturated carbocycles. The highest BCUT2D eigenvalue weighted by atomic mass is 28.4. The Labute approximate surface area is 184 Å². The van der Waals surface area contributed by atoms with Crippen LogP contribution in [0.5, 0.6) is 0 Å². The predicted octanol–water partition coefficient (Wildman–Crippen LogP) is 8.26. The van der Waals surface area contributed by atoms with E-state index in [0.717, 1.165) is 12.3 Å². The van der Waals surface area contributed by atoms with Gasteiger partial charge in [-0.3, -0.25) is 0 Å². The Kier molecular flexibility index (Phi) is 7.83. The van der Waals surface area contributed by atoms with E-state index >= 15 is 0 Å². The lowest BCUT2D eigenvalue weighted by Crippen LogP contribution is -2.50. The van der Waals surface area contributed by atoms with E-state index in [4.69, 9.17) is 10.8 Å². The summed E-state index contributed by atoms with van der Waals surface area (Å²) in [5, 5.41) is 0.283. The van der Waals surface area contributed by atoms with Crippen molar-refractivity contribution in [2.75, 3.05) is 0 Å². The molecule has 3 unspecified atom stereocenters. The monoisotopic (exact) mass is 417 g/mol. The summed E-state index contributed by atoms with van der Waals surface area (Å²) >= 11 is 0. The summed E-state index contributed by atoms with van der Waals surface area (Å²) < 4.78 is 7.02. The lowest BCUT2D eigenvalue weighted by Gasteiger charge is -2.50. The van der Waals surface area contributed by atoms with Crippen molar-refractivity contribution in [3.05, 3.63) is 6.42 Å². The van der Waals surface area contributed by atoms with Gasteiger partial charge in [-0.25, -0.2) is 0 Å². The van der Waals surface area contributed by atoms with Crippen LogP contribution in [0.25, 0.3) is 0 Å². The molecule has 2 rings (SSSR count). The van der Waals surface area contributed by atoms with Crippen LogP contribution < -0.4 is 0 Å². The maximum absolute atomic E-state index is 7.02. The van der Waals surface area contributed by atoms with Crippen molar-refractivity contribution in [3.8, 4) is 12.3 Å². The van der Waals surface area contributed by atoms with Gasteiger partial charge in [0.2, 0.25) is 0 Å². The van der Waals surface area contributed by atoms with Crippen LogP contribution in [-0.4, -0.2) is 14.4 Å². The summed E-state index contributed by atoms with van der Waals surface area (Å²) in [5.74, 6) is 5.04. The van der Waals surface area contributed by atoms with Crippen molar-refractivity contribution in [1.82, 2.24) is 0 Å². The average Bonchev–Trinajstić information content (AvgIpc) is 2.89. The molecule has 1 nitrogen and oxygen atoms in total. The molecule has 0 bridgehead atoms. The summed E-state index contributed by atoms with van der Waals surface area (Å²) in [4.78, 5) is 0. The summed E-state index contributed by atoms with van der Waals surface area (Å²) in [7, 11) is -1.73. The van der Waals surface area contributed by atoms with Crippen molar-refractivity contribution in [1.29, 1.82) is 0 Å². The standard InChI is InChI=1S/C27H49OSi/c1-11-14-21(15-12-19-25(2,3)4)22-17-18-23-24(16-13-20-27(22,23)8)28-29(9,10)26(5,6)7/h1,15,21-24H,12-14,16-20H2,2-10H3/t21?,22?,23?,24-,27+/m0/s1. The normalized spacial score (nSPS) is 31.9. The molecule has 0 saturated heterocycles. The zero-order valence-electron chi connectivity index (χ0n) is 21.0. The Morgan fingerprint density at radius 2 is 1.79 bits per heavy atom. The lowest BCUT2D eigenvalue weighted by molar-refractivity contribution is -0.0189. The molecule has 0 aromatic rings. The van der Waals surface area contributed by atoms with Crippen LogP contribution in [-0.2, 0) is 4.43 Å². The predicted molar refractivity (Wildman–Crippen MR) is 130 cm³/mol. The fourth-order valence-electron chi connectivity index (χ4n) is 5.82. The zero-order valence-corrected chi connectivity index (χ0v) is 22.0. The molecular formula is C27H49OSi. The van der Waals surface area contributed by atoms with Gasteiger partial charge in [0.25, 0.3) is 0 Å². The lowest BCUT2D eigenvalue weighted by atomic mass is 9.60. The molecule has 0 aromatic heterocycles. The van der Waals surface area contributed by atoms with Crippen LogP contribution in [0.3, 0.4) is 0 Å². The molecule has 0 spiro atoms. The maximum Gasteiger partial charge on any atom is 0.192 e. The third-order valence-electron chi connectivity index (χ3n) is 8.62. The molecule has 0 N–H and O–H groups in total. The first-order valence-electron chi connectivity index (χ1n) is 12.2. The molecule has 167 valence electrons. The van der Waals surface area contributed by atoms with Gasteiger partial charge in [-0.05, 0) is 91.7 Å².